The summed E-state index contributed by atoms with van der Waals surface area (Å²) in [5, 5.41) is 3.78. The van der Waals surface area contributed by atoms with Crippen LogP contribution in [0, 0.1) is 0 Å². The summed E-state index contributed by atoms with van der Waals surface area (Å²) in [6, 6.07) is 9.31. The van der Waals surface area contributed by atoms with Crippen LogP contribution in [0.15, 0.2) is 24.3 Å². The highest BCUT2D eigenvalue weighted by molar-refractivity contribution is 8.00. The van der Waals surface area contributed by atoms with Crippen LogP contribution in [0.2, 0.25) is 0 Å². The second-order valence-corrected chi connectivity index (χ2v) is 8.10. The van der Waals surface area contributed by atoms with Crippen molar-refractivity contribution in [3.8, 4) is 5.75 Å². The number of benzene rings is 1. The molecule has 3 heteroatoms. The predicted octanol–water partition coefficient (Wildman–Crippen LogP) is 3.82. The van der Waals surface area contributed by atoms with Crippen LogP contribution in [-0.2, 0) is 0 Å². The van der Waals surface area contributed by atoms with E-state index < -0.39 is 0 Å². The van der Waals surface area contributed by atoms with Gasteiger partial charge in [0.25, 0.3) is 0 Å². The van der Waals surface area contributed by atoms with Gasteiger partial charge in [0.15, 0.2) is 0 Å². The molecule has 2 nitrogen and oxygen atoms in total. The molecule has 20 heavy (non-hydrogen) atoms. The highest BCUT2D eigenvalue weighted by atomic mass is 32.2. The first-order valence-corrected chi connectivity index (χ1v) is 8.68. The number of rotatable bonds is 5. The minimum Gasteiger partial charge on any atom is -0.497 e. The zero-order valence-electron chi connectivity index (χ0n) is 12.5. The van der Waals surface area contributed by atoms with Gasteiger partial charge >= 0.3 is 0 Å². The van der Waals surface area contributed by atoms with Crippen molar-refractivity contribution in [1.82, 2.24) is 5.32 Å². The van der Waals surface area contributed by atoms with Gasteiger partial charge in [0.05, 0.1) is 7.11 Å². The number of hydrogen-bond acceptors (Lipinski definition) is 3. The van der Waals surface area contributed by atoms with Crippen LogP contribution in [0.3, 0.4) is 0 Å². The van der Waals surface area contributed by atoms with Crippen molar-refractivity contribution in [2.24, 2.45) is 0 Å². The molecular formula is C17H25NOS. The smallest absolute Gasteiger partial charge is 0.118 e. The third-order valence-electron chi connectivity index (χ3n) is 4.79. The monoisotopic (exact) mass is 291 g/mol. The van der Waals surface area contributed by atoms with E-state index in [2.05, 4.69) is 48.3 Å². The van der Waals surface area contributed by atoms with Crippen LogP contribution >= 0.6 is 11.8 Å². The second kappa shape index (κ2) is 5.98. The molecule has 0 radical (unpaired) electrons. The first kappa shape index (κ1) is 14.3. The van der Waals surface area contributed by atoms with E-state index >= 15 is 0 Å². The summed E-state index contributed by atoms with van der Waals surface area (Å²) in [7, 11) is 1.72. The zero-order chi connectivity index (χ0) is 14.0. The number of hydrogen-bond donors (Lipinski definition) is 1. The van der Waals surface area contributed by atoms with Gasteiger partial charge in [-0.2, -0.15) is 11.8 Å². The molecule has 0 spiro atoms. The van der Waals surface area contributed by atoms with Crippen molar-refractivity contribution in [2.75, 3.05) is 19.4 Å². The van der Waals surface area contributed by atoms with Crippen LogP contribution in [-0.4, -0.2) is 30.2 Å². The Morgan fingerprint density at radius 2 is 2.05 bits per heavy atom. The summed E-state index contributed by atoms with van der Waals surface area (Å²) in [6.07, 6.45) is 5.33. The van der Waals surface area contributed by atoms with E-state index in [1.54, 1.807) is 7.11 Å². The van der Waals surface area contributed by atoms with Gasteiger partial charge in [-0.25, -0.2) is 0 Å². The molecule has 110 valence electrons. The molecule has 1 aliphatic heterocycles. The van der Waals surface area contributed by atoms with E-state index in [0.29, 0.717) is 4.75 Å². The number of methoxy groups -OCH3 is 1. The Balaban J connectivity index is 1.44. The maximum absolute atomic E-state index is 5.21. The molecule has 1 heterocycles. The lowest BCUT2D eigenvalue weighted by atomic mass is 9.75. The molecule has 0 amide bonds. The van der Waals surface area contributed by atoms with Gasteiger partial charge in [0, 0.05) is 17.3 Å². The average molecular weight is 291 g/mol. The lowest BCUT2D eigenvalue weighted by Gasteiger charge is -2.38. The summed E-state index contributed by atoms with van der Waals surface area (Å²) < 4.78 is 5.70. The van der Waals surface area contributed by atoms with Gasteiger partial charge in [0.2, 0.25) is 0 Å². The summed E-state index contributed by atoms with van der Waals surface area (Å²) in [6.45, 7) is 3.59. The first-order valence-electron chi connectivity index (χ1n) is 7.70. The second-order valence-electron chi connectivity index (χ2n) is 6.42. The Labute approximate surface area is 126 Å². The SMILES string of the molecule is COc1ccc(C2CC(NCC3(C)CCCS3)C2)cc1. The van der Waals surface area contributed by atoms with Crippen molar-refractivity contribution in [2.45, 2.75) is 49.3 Å². The molecule has 1 aromatic rings. The Hall–Kier alpha value is -0.670. The maximum atomic E-state index is 5.21. The van der Waals surface area contributed by atoms with Crippen LogP contribution in [0.4, 0.5) is 0 Å². The third-order valence-corrected chi connectivity index (χ3v) is 6.33. The minimum atomic E-state index is 0.491. The van der Waals surface area contributed by atoms with Crippen LogP contribution in [0.5, 0.6) is 5.75 Å². The van der Waals surface area contributed by atoms with Gasteiger partial charge in [-0.1, -0.05) is 12.1 Å². The Morgan fingerprint density at radius 3 is 2.65 bits per heavy atom. The van der Waals surface area contributed by atoms with Gasteiger partial charge in [-0.3, -0.25) is 0 Å². The van der Waals surface area contributed by atoms with Crippen LogP contribution < -0.4 is 10.1 Å². The van der Waals surface area contributed by atoms with Crippen molar-refractivity contribution >= 4 is 11.8 Å². The molecule has 1 unspecified atom stereocenters. The lowest BCUT2D eigenvalue weighted by molar-refractivity contribution is 0.283. The van der Waals surface area contributed by atoms with E-state index in [9.17, 15) is 0 Å². The molecule has 1 atom stereocenters. The number of ether oxygens (including phenoxy) is 1. The molecule has 2 fully saturated rings. The van der Waals surface area contributed by atoms with E-state index in [1.165, 1.54) is 43.5 Å². The summed E-state index contributed by atoms with van der Waals surface area (Å²) >= 11 is 2.15. The minimum absolute atomic E-state index is 0.491. The van der Waals surface area contributed by atoms with Gasteiger partial charge < -0.3 is 10.1 Å². The van der Waals surface area contributed by atoms with E-state index in [1.807, 2.05) is 0 Å². The first-order chi connectivity index (χ1) is 9.68. The Bertz CT molecular complexity index is 433. The molecule has 2 aliphatic rings. The molecular weight excluding hydrogens is 266 g/mol. The summed E-state index contributed by atoms with van der Waals surface area (Å²) in [5.41, 5.74) is 1.46. The maximum Gasteiger partial charge on any atom is 0.118 e. The highest BCUT2D eigenvalue weighted by Crippen LogP contribution is 2.40. The molecule has 0 bridgehead atoms. The number of nitrogens with one attached hydrogen (secondary N) is 1. The molecule has 1 saturated heterocycles. The predicted molar refractivity (Wildman–Crippen MR) is 86.9 cm³/mol. The fourth-order valence-corrected chi connectivity index (χ4v) is 4.52. The normalized spacial score (nSPS) is 32.9. The molecule has 3 rings (SSSR count). The average Bonchev–Trinajstić information content (AvgIpc) is 2.85. The van der Waals surface area contributed by atoms with Crippen molar-refractivity contribution in [3.63, 3.8) is 0 Å². The molecule has 0 aromatic heterocycles. The lowest BCUT2D eigenvalue weighted by Crippen LogP contribution is -2.45. The molecule has 1 N–H and O–H groups in total. The molecule has 1 aliphatic carbocycles. The third kappa shape index (κ3) is 3.15. The zero-order valence-corrected chi connectivity index (χ0v) is 13.3. The van der Waals surface area contributed by atoms with Crippen LogP contribution in [0.1, 0.15) is 44.1 Å². The van der Waals surface area contributed by atoms with E-state index in [0.717, 1.165) is 17.7 Å². The number of thioether (sulfide) groups is 1. The quantitative estimate of drug-likeness (QED) is 0.891. The molecule has 1 saturated carbocycles. The van der Waals surface area contributed by atoms with Gasteiger partial charge in [-0.15, -0.1) is 0 Å². The van der Waals surface area contributed by atoms with Gasteiger partial charge in [-0.05, 0) is 62.0 Å². The summed E-state index contributed by atoms with van der Waals surface area (Å²) in [4.78, 5) is 0. The van der Waals surface area contributed by atoms with Crippen molar-refractivity contribution in [3.05, 3.63) is 29.8 Å². The van der Waals surface area contributed by atoms with Gasteiger partial charge in [0.1, 0.15) is 5.75 Å². The fourth-order valence-electron chi connectivity index (χ4n) is 3.27. The van der Waals surface area contributed by atoms with Crippen LogP contribution in [0.25, 0.3) is 0 Å². The van der Waals surface area contributed by atoms with E-state index in [-0.39, 0.29) is 0 Å². The summed E-state index contributed by atoms with van der Waals surface area (Å²) in [5.74, 6) is 3.04. The highest BCUT2D eigenvalue weighted by Gasteiger charge is 2.34. The van der Waals surface area contributed by atoms with E-state index in [4.69, 9.17) is 4.74 Å². The topological polar surface area (TPSA) is 21.3 Å². The fraction of sp³-hybridized carbons (Fsp3) is 0.647. The standard InChI is InChI=1S/C17H25NOS/c1-17(8-3-9-20-17)12-18-15-10-14(11-15)13-4-6-16(19-2)7-5-13/h4-7,14-15,18H,3,8-12H2,1-2H3. The largest absolute Gasteiger partial charge is 0.497 e. The molecule has 1 aromatic carbocycles. The Kier molecular flexibility index (Phi) is 4.27. The van der Waals surface area contributed by atoms with Crippen molar-refractivity contribution in [1.29, 1.82) is 0 Å². The van der Waals surface area contributed by atoms with Crippen molar-refractivity contribution < 1.29 is 4.74 Å². The Morgan fingerprint density at radius 1 is 1.30 bits per heavy atom.